The maximum absolute atomic E-state index is 5.69. The van der Waals surface area contributed by atoms with E-state index in [1.165, 1.54) is 21.3 Å². The van der Waals surface area contributed by atoms with Crippen LogP contribution in [0.1, 0.15) is 0 Å². The van der Waals surface area contributed by atoms with Crippen LogP contribution in [0.25, 0.3) is 0 Å². The molecule has 1 aliphatic rings. The predicted molar refractivity (Wildman–Crippen MR) is 56.6 cm³/mol. The molecule has 1 saturated heterocycles. The molecule has 6 nitrogen and oxygen atoms in total. The molecule has 0 N–H and O–H groups in total. The van der Waals surface area contributed by atoms with Crippen LogP contribution in [0.2, 0.25) is 6.04 Å². The zero-order valence-corrected chi connectivity index (χ0v) is 11.7. The van der Waals surface area contributed by atoms with Crippen LogP contribution in [-0.2, 0) is 26.6 Å². The van der Waals surface area contributed by atoms with E-state index in [1.54, 1.807) is 7.11 Å². The smallest absolute Gasteiger partial charge is 0.400 e. The van der Waals surface area contributed by atoms with Crippen molar-refractivity contribution >= 4 is 18.3 Å². The molecule has 1 fully saturated rings. The second-order valence-electron chi connectivity index (χ2n) is 3.09. The Labute approximate surface area is 92.7 Å². The van der Waals surface area contributed by atoms with Gasteiger partial charge in [0, 0.05) is 34.5 Å². The molecule has 15 heavy (non-hydrogen) atoms. The third-order valence-electron chi connectivity index (χ3n) is 2.15. The first kappa shape index (κ1) is 13.3. The number of ether oxygens (including phenoxy) is 1. The summed E-state index contributed by atoms with van der Waals surface area (Å²) < 4.78 is 31.6. The normalized spacial score (nSPS) is 22.8. The fourth-order valence-electron chi connectivity index (χ4n) is 1.17. The third-order valence-corrected chi connectivity index (χ3v) is 7.29. The summed E-state index contributed by atoms with van der Waals surface area (Å²) in [6.07, 6.45) is 0.277. The largest absolute Gasteiger partial charge is 0.669 e. The van der Waals surface area contributed by atoms with Gasteiger partial charge in [0.25, 0.3) is 0 Å². The van der Waals surface area contributed by atoms with E-state index in [1.807, 2.05) is 0 Å². The average Bonchev–Trinajstić information content (AvgIpc) is 3.08. The van der Waals surface area contributed by atoms with Crippen molar-refractivity contribution in [2.45, 2.75) is 12.1 Å². The highest BCUT2D eigenvalue weighted by Gasteiger charge is 2.46. The molecule has 0 spiro atoms. The van der Waals surface area contributed by atoms with Gasteiger partial charge in [-0.05, 0) is 0 Å². The first-order valence-corrected chi connectivity index (χ1v) is 8.06. The number of epoxide rings is 1. The predicted octanol–water partition coefficient (Wildman–Crippen LogP) is -0.357. The summed E-state index contributed by atoms with van der Waals surface area (Å²) >= 11 is 0. The van der Waals surface area contributed by atoms with Crippen LogP contribution in [-0.4, -0.2) is 59.5 Å². The van der Waals surface area contributed by atoms with E-state index in [-0.39, 0.29) is 6.10 Å². The van der Waals surface area contributed by atoms with Crippen molar-refractivity contribution in [1.29, 1.82) is 0 Å². The highest BCUT2D eigenvalue weighted by molar-refractivity contribution is 6.64. The molecule has 0 aromatic heterocycles. The number of hydrogen-bond acceptors (Lipinski definition) is 6. The minimum Gasteiger partial charge on any atom is -0.400 e. The lowest BCUT2D eigenvalue weighted by atomic mass is 10.6. The van der Waals surface area contributed by atoms with Gasteiger partial charge < -0.3 is 26.6 Å². The molecule has 1 heterocycles. The van der Waals surface area contributed by atoms with E-state index >= 15 is 0 Å². The monoisotopic (exact) mass is 254 g/mol. The van der Waals surface area contributed by atoms with Crippen LogP contribution in [0.4, 0.5) is 0 Å². The molecule has 1 aliphatic heterocycles. The van der Waals surface area contributed by atoms with Crippen molar-refractivity contribution < 1.29 is 26.6 Å². The SMILES string of the molecule is CO[SiH](CC1CO1)O[Si](OC)(OC)OC. The molecular weight excluding hydrogens is 236 g/mol. The summed E-state index contributed by atoms with van der Waals surface area (Å²) in [7, 11) is 1.36. The van der Waals surface area contributed by atoms with E-state index < -0.39 is 18.3 Å². The fraction of sp³-hybridized carbons (Fsp3) is 1.00. The first-order chi connectivity index (χ1) is 7.19. The lowest BCUT2D eigenvalue weighted by molar-refractivity contribution is 0.0411. The Morgan fingerprint density at radius 1 is 1.20 bits per heavy atom. The van der Waals surface area contributed by atoms with Crippen LogP contribution in [0, 0.1) is 0 Å². The summed E-state index contributed by atoms with van der Waals surface area (Å²) in [5.41, 5.74) is 0. The third kappa shape index (κ3) is 3.92. The van der Waals surface area contributed by atoms with E-state index in [2.05, 4.69) is 0 Å². The van der Waals surface area contributed by atoms with Crippen molar-refractivity contribution in [3.05, 3.63) is 0 Å². The minimum absolute atomic E-state index is 0.277. The Morgan fingerprint density at radius 2 is 1.73 bits per heavy atom. The van der Waals surface area contributed by atoms with E-state index in [9.17, 15) is 0 Å². The lowest BCUT2D eigenvalue weighted by Gasteiger charge is -2.26. The van der Waals surface area contributed by atoms with Gasteiger partial charge in [-0.3, -0.25) is 0 Å². The second-order valence-corrected chi connectivity index (χ2v) is 8.06. The van der Waals surface area contributed by atoms with Gasteiger partial charge in [-0.25, -0.2) is 0 Å². The Balaban J connectivity index is 2.44. The van der Waals surface area contributed by atoms with Crippen LogP contribution >= 0.6 is 0 Å². The van der Waals surface area contributed by atoms with Gasteiger partial charge in [0.2, 0.25) is 0 Å². The fourth-order valence-corrected chi connectivity index (χ4v) is 5.77. The van der Waals surface area contributed by atoms with Crippen LogP contribution < -0.4 is 0 Å². The summed E-state index contributed by atoms with van der Waals surface area (Å²) in [4.78, 5) is 0. The molecule has 0 aromatic rings. The van der Waals surface area contributed by atoms with Crippen molar-refractivity contribution in [2.24, 2.45) is 0 Å². The quantitative estimate of drug-likeness (QED) is 0.436. The molecule has 0 aliphatic carbocycles. The topological polar surface area (TPSA) is 58.7 Å². The standard InChI is InChI=1S/C7H18O6Si2/c1-8-14(6-7-5-12-7)13-15(9-2,10-3)11-4/h7,14H,5-6H2,1-4H3. The van der Waals surface area contributed by atoms with Crippen molar-refractivity contribution in [3.63, 3.8) is 0 Å². The van der Waals surface area contributed by atoms with Gasteiger partial charge in [0.15, 0.2) is 0 Å². The molecule has 0 radical (unpaired) electrons. The average molecular weight is 254 g/mol. The molecule has 0 amide bonds. The highest BCUT2D eigenvalue weighted by atomic mass is 28.5. The summed E-state index contributed by atoms with van der Waals surface area (Å²) in [6, 6.07) is 0.793. The summed E-state index contributed by atoms with van der Waals surface area (Å²) in [5, 5.41) is 0. The number of rotatable bonds is 8. The van der Waals surface area contributed by atoms with Crippen LogP contribution in [0.5, 0.6) is 0 Å². The zero-order valence-electron chi connectivity index (χ0n) is 9.52. The summed E-state index contributed by atoms with van der Waals surface area (Å²) in [6.45, 7) is 0.789. The Morgan fingerprint density at radius 3 is 2.07 bits per heavy atom. The molecule has 0 saturated carbocycles. The molecule has 2 unspecified atom stereocenters. The molecule has 2 atom stereocenters. The van der Waals surface area contributed by atoms with E-state index in [0.29, 0.717) is 0 Å². The van der Waals surface area contributed by atoms with Gasteiger partial charge >= 0.3 is 18.3 Å². The molecule has 1 rings (SSSR count). The van der Waals surface area contributed by atoms with Crippen LogP contribution in [0.15, 0.2) is 0 Å². The maximum Gasteiger partial charge on any atom is 0.669 e. The van der Waals surface area contributed by atoms with Gasteiger partial charge in [-0.15, -0.1) is 0 Å². The Hall–Kier alpha value is 0.194. The molecule has 0 bridgehead atoms. The minimum atomic E-state index is -2.96. The van der Waals surface area contributed by atoms with E-state index in [4.69, 9.17) is 26.6 Å². The van der Waals surface area contributed by atoms with Gasteiger partial charge in [-0.1, -0.05) is 0 Å². The molecule has 0 aromatic carbocycles. The highest BCUT2D eigenvalue weighted by Crippen LogP contribution is 2.20. The van der Waals surface area contributed by atoms with Gasteiger partial charge in [0.05, 0.1) is 12.7 Å². The maximum atomic E-state index is 5.69. The molecular formula is C7H18O6Si2. The molecule has 90 valence electrons. The van der Waals surface area contributed by atoms with Crippen molar-refractivity contribution in [1.82, 2.24) is 0 Å². The van der Waals surface area contributed by atoms with Gasteiger partial charge in [0.1, 0.15) is 0 Å². The molecule has 8 heteroatoms. The zero-order chi connectivity index (χ0) is 11.3. The van der Waals surface area contributed by atoms with Crippen LogP contribution in [0.3, 0.4) is 0 Å². The Kier molecular flexibility index (Phi) is 5.36. The Bertz CT molecular complexity index is 176. The lowest BCUT2D eigenvalue weighted by Crippen LogP contribution is -2.51. The summed E-state index contributed by atoms with van der Waals surface area (Å²) in [5.74, 6) is 0. The van der Waals surface area contributed by atoms with Crippen molar-refractivity contribution in [3.8, 4) is 0 Å². The van der Waals surface area contributed by atoms with Gasteiger partial charge in [-0.2, -0.15) is 0 Å². The second kappa shape index (κ2) is 6.06. The number of hydrogen-bond donors (Lipinski definition) is 0. The van der Waals surface area contributed by atoms with E-state index in [0.717, 1.165) is 12.7 Å². The first-order valence-electron chi connectivity index (χ1n) is 4.67. The van der Waals surface area contributed by atoms with Crippen molar-refractivity contribution in [2.75, 3.05) is 35.0 Å².